The molecule has 0 heterocycles. The van der Waals surface area contributed by atoms with Crippen LogP contribution in [-0.2, 0) is 0 Å². The van der Waals surface area contributed by atoms with Gasteiger partial charge in [0, 0.05) is 0 Å². The van der Waals surface area contributed by atoms with Crippen molar-refractivity contribution in [2.45, 2.75) is 6.17 Å². The van der Waals surface area contributed by atoms with E-state index in [0.717, 1.165) is 0 Å². The van der Waals surface area contributed by atoms with E-state index in [1.54, 1.807) is 14.1 Å². The Kier molecular flexibility index (Phi) is 9.82. The molecular weight excluding hydrogens is 131 g/mol. The van der Waals surface area contributed by atoms with E-state index in [2.05, 4.69) is 10.6 Å². The second-order valence-corrected chi connectivity index (χ2v) is 1.28. The quantitative estimate of drug-likeness (QED) is 0.548. The third-order valence-corrected chi connectivity index (χ3v) is 0.851. The highest BCUT2D eigenvalue weighted by Crippen LogP contribution is 1.72. The van der Waals surface area contributed by atoms with Gasteiger partial charge in [0.25, 0.3) is 0 Å². The monoisotopic (exact) mass is 142 g/mol. The molecule has 0 aliphatic heterocycles. The maximum Gasteiger partial charge on any atom is 0.118 e. The molecule has 0 spiro atoms. The molecule has 0 radical (unpaired) electrons. The third kappa shape index (κ3) is 4.30. The molecule has 0 aliphatic rings. The molecule has 0 aromatic heterocycles. The fourth-order valence-corrected chi connectivity index (χ4v) is 0.299. The average molecular weight is 143 g/mol. The van der Waals surface area contributed by atoms with Gasteiger partial charge in [0.05, 0.1) is 6.17 Å². The first kappa shape index (κ1) is 11.0. The largest absolute Gasteiger partial charge is 0.303 e. The van der Waals surface area contributed by atoms with E-state index in [1.807, 2.05) is 0 Å². The van der Waals surface area contributed by atoms with Gasteiger partial charge in [-0.2, -0.15) is 0 Å². The second kappa shape index (κ2) is 7.14. The lowest BCUT2D eigenvalue weighted by Crippen LogP contribution is -2.39. The summed E-state index contributed by atoms with van der Waals surface area (Å²) >= 11 is 0. The van der Waals surface area contributed by atoms with Crippen LogP contribution in [0.25, 0.3) is 0 Å². The van der Waals surface area contributed by atoms with Crippen molar-refractivity contribution in [3.8, 4) is 0 Å². The van der Waals surface area contributed by atoms with Crippen molar-refractivity contribution >= 4 is 12.4 Å². The molecule has 0 amide bonds. The second-order valence-electron chi connectivity index (χ2n) is 1.28. The molecule has 0 aromatic carbocycles. The van der Waals surface area contributed by atoms with Crippen LogP contribution in [-0.4, -0.2) is 26.9 Å². The Balaban J connectivity index is 0. The van der Waals surface area contributed by atoms with E-state index < -0.39 is 0 Å². The van der Waals surface area contributed by atoms with Gasteiger partial charge in [0.2, 0.25) is 0 Å². The zero-order valence-electron chi connectivity index (χ0n) is 5.07. The minimum atomic E-state index is -0.368. The van der Waals surface area contributed by atoms with Gasteiger partial charge in [0.15, 0.2) is 0 Å². The van der Waals surface area contributed by atoms with E-state index in [1.165, 1.54) is 0 Å². The highest BCUT2D eigenvalue weighted by atomic mass is 35.5. The lowest BCUT2D eigenvalue weighted by molar-refractivity contribution is 0.359. The van der Waals surface area contributed by atoms with Gasteiger partial charge >= 0.3 is 0 Å². The van der Waals surface area contributed by atoms with Gasteiger partial charge in [-0.3, -0.25) is 0 Å². The van der Waals surface area contributed by atoms with Crippen molar-refractivity contribution in [3.63, 3.8) is 0 Å². The summed E-state index contributed by atoms with van der Waals surface area (Å²) in [6.07, 6.45) is -0.181. The topological polar surface area (TPSA) is 24.1 Å². The Morgan fingerprint density at radius 3 is 1.75 bits per heavy atom. The van der Waals surface area contributed by atoms with Crippen molar-refractivity contribution in [1.29, 1.82) is 0 Å². The van der Waals surface area contributed by atoms with Crippen LogP contribution in [0.4, 0.5) is 4.39 Å². The summed E-state index contributed by atoms with van der Waals surface area (Å²) in [5.41, 5.74) is 0. The number of rotatable bonds is 3. The SMILES string of the molecule is CNC(CF)NC.Cl. The molecule has 0 atom stereocenters. The molecule has 52 valence electrons. The van der Waals surface area contributed by atoms with Gasteiger partial charge in [-0.05, 0) is 14.1 Å². The van der Waals surface area contributed by atoms with Crippen LogP contribution in [0.15, 0.2) is 0 Å². The lowest BCUT2D eigenvalue weighted by atomic mass is 10.5. The van der Waals surface area contributed by atoms with Crippen LogP contribution < -0.4 is 10.6 Å². The molecule has 4 heteroatoms. The predicted molar refractivity (Wildman–Crippen MR) is 35.1 cm³/mol. The number of halogens is 2. The van der Waals surface area contributed by atoms with E-state index in [9.17, 15) is 4.39 Å². The molecule has 0 unspecified atom stereocenters. The van der Waals surface area contributed by atoms with E-state index in [-0.39, 0.29) is 25.2 Å². The molecule has 8 heavy (non-hydrogen) atoms. The van der Waals surface area contributed by atoms with Gasteiger partial charge in [-0.1, -0.05) is 0 Å². The predicted octanol–water partition coefficient (Wildman–Crippen LogP) is 0.143. The fraction of sp³-hybridized carbons (Fsp3) is 1.00. The molecule has 0 fully saturated rings. The summed E-state index contributed by atoms with van der Waals surface area (Å²) in [5.74, 6) is 0. The van der Waals surface area contributed by atoms with Crippen LogP contribution in [0.5, 0.6) is 0 Å². The molecule has 0 saturated heterocycles. The zero-order valence-corrected chi connectivity index (χ0v) is 5.89. The van der Waals surface area contributed by atoms with Crippen LogP contribution in [0.2, 0.25) is 0 Å². The first-order chi connectivity index (χ1) is 3.35. The molecular formula is C4H12ClFN2. The maximum absolute atomic E-state index is 11.5. The molecule has 0 aromatic rings. The highest BCUT2D eigenvalue weighted by molar-refractivity contribution is 5.85. The molecule has 0 rings (SSSR count). The normalized spacial score (nSPS) is 9.00. The number of hydrogen-bond donors (Lipinski definition) is 2. The summed E-state index contributed by atoms with van der Waals surface area (Å²) in [7, 11) is 3.42. The van der Waals surface area contributed by atoms with Crippen molar-refractivity contribution in [1.82, 2.24) is 10.6 Å². The zero-order chi connectivity index (χ0) is 5.70. The van der Waals surface area contributed by atoms with Crippen LogP contribution >= 0.6 is 12.4 Å². The minimum Gasteiger partial charge on any atom is -0.303 e. The lowest BCUT2D eigenvalue weighted by Gasteiger charge is -2.07. The Morgan fingerprint density at radius 1 is 1.38 bits per heavy atom. The number of alkyl halides is 1. The molecule has 0 aliphatic carbocycles. The minimum absolute atomic E-state index is 0. The highest BCUT2D eigenvalue weighted by Gasteiger charge is 1.96. The Morgan fingerprint density at radius 2 is 1.75 bits per heavy atom. The van der Waals surface area contributed by atoms with Crippen molar-refractivity contribution in [3.05, 3.63) is 0 Å². The van der Waals surface area contributed by atoms with Crippen LogP contribution in [0, 0.1) is 0 Å². The summed E-state index contributed by atoms with van der Waals surface area (Å²) in [5, 5.41) is 5.43. The Hall–Kier alpha value is 0.140. The van der Waals surface area contributed by atoms with E-state index in [4.69, 9.17) is 0 Å². The van der Waals surface area contributed by atoms with Crippen molar-refractivity contribution < 1.29 is 4.39 Å². The summed E-state index contributed by atoms with van der Waals surface area (Å²) in [6, 6.07) is 0. The van der Waals surface area contributed by atoms with Crippen molar-refractivity contribution in [2.24, 2.45) is 0 Å². The molecule has 2 nitrogen and oxygen atoms in total. The maximum atomic E-state index is 11.5. The first-order valence-electron chi connectivity index (χ1n) is 2.25. The number of nitrogens with one attached hydrogen (secondary N) is 2. The Bertz CT molecular complexity index is 35.5. The van der Waals surface area contributed by atoms with Crippen LogP contribution in [0.1, 0.15) is 0 Å². The summed E-state index contributed by atoms with van der Waals surface area (Å²) in [4.78, 5) is 0. The smallest absolute Gasteiger partial charge is 0.118 e. The van der Waals surface area contributed by atoms with Gasteiger partial charge < -0.3 is 10.6 Å². The summed E-state index contributed by atoms with van der Waals surface area (Å²) < 4.78 is 11.5. The van der Waals surface area contributed by atoms with E-state index in [0.29, 0.717) is 0 Å². The van der Waals surface area contributed by atoms with Gasteiger partial charge in [-0.25, -0.2) is 4.39 Å². The summed E-state index contributed by atoms with van der Waals surface area (Å²) in [6.45, 7) is -0.368. The molecule has 0 saturated carbocycles. The van der Waals surface area contributed by atoms with Crippen molar-refractivity contribution in [2.75, 3.05) is 20.8 Å². The first-order valence-corrected chi connectivity index (χ1v) is 2.25. The Labute approximate surface area is 55.3 Å². The number of hydrogen-bond acceptors (Lipinski definition) is 2. The standard InChI is InChI=1S/C4H11FN2.ClH/c1-6-4(3-5)7-2;/h4,6-7H,3H2,1-2H3;1H. The molecule has 0 bridgehead atoms. The average Bonchev–Trinajstić information content (AvgIpc) is 1.72. The van der Waals surface area contributed by atoms with Gasteiger partial charge in [-0.15, -0.1) is 12.4 Å². The van der Waals surface area contributed by atoms with E-state index >= 15 is 0 Å². The fourth-order valence-electron chi connectivity index (χ4n) is 0.299. The van der Waals surface area contributed by atoms with Gasteiger partial charge in [0.1, 0.15) is 6.67 Å². The van der Waals surface area contributed by atoms with Crippen LogP contribution in [0.3, 0.4) is 0 Å². The third-order valence-electron chi connectivity index (χ3n) is 0.851. The molecule has 2 N–H and O–H groups in total.